The summed E-state index contributed by atoms with van der Waals surface area (Å²) in [6, 6.07) is 136. The predicted molar refractivity (Wildman–Crippen MR) is 442 cm³/mol. The van der Waals surface area contributed by atoms with Crippen molar-refractivity contribution in [3.8, 4) is 158 Å². The highest BCUT2D eigenvalue weighted by atomic mass is 16.5. The number of hydrogen-bond donors (Lipinski definition) is 0. The van der Waals surface area contributed by atoms with Gasteiger partial charge in [-0.1, -0.05) is 334 Å². The third kappa shape index (κ3) is 9.81. The lowest BCUT2D eigenvalue weighted by Gasteiger charge is -2.39. The summed E-state index contributed by atoms with van der Waals surface area (Å²) in [5.74, 6) is 5.88. The van der Waals surface area contributed by atoms with Gasteiger partial charge < -0.3 is 9.47 Å². The molecule has 7 nitrogen and oxygen atoms in total. The summed E-state index contributed by atoms with van der Waals surface area (Å²) in [5.41, 5.74) is 30.5. The third-order valence-electron chi connectivity index (χ3n) is 23.0. The van der Waals surface area contributed by atoms with E-state index >= 15 is 0 Å². The Balaban J connectivity index is 0.577. The minimum atomic E-state index is -0.660. The lowest BCUT2D eigenvalue weighted by Crippen LogP contribution is -2.32. The van der Waals surface area contributed by atoms with Crippen LogP contribution in [0.2, 0.25) is 0 Å². The van der Waals surface area contributed by atoms with Crippen LogP contribution in [0, 0.1) is 0 Å². The van der Waals surface area contributed by atoms with Crippen LogP contribution in [-0.4, -0.2) is 24.9 Å². The molecule has 2 aromatic heterocycles. The molecule has 7 heteroatoms. The second-order valence-electron chi connectivity index (χ2n) is 28.8. The first-order valence-electron chi connectivity index (χ1n) is 37.4. The van der Waals surface area contributed by atoms with Crippen LogP contribution in [0.4, 0.5) is 0 Å². The monoisotopic (exact) mass is 1400 g/mol. The fourth-order valence-corrected chi connectivity index (χ4v) is 18.0. The molecule has 2 aliphatic heterocycles. The van der Waals surface area contributed by atoms with E-state index in [2.05, 4.69) is 376 Å². The Bertz CT molecular complexity index is 6680. The number of aromatic nitrogens is 5. The number of hydrogen-bond acceptors (Lipinski definition) is 7. The predicted octanol–water partition coefficient (Wildman–Crippen LogP) is 25.4. The SMILES string of the molecule is c1ccc(-c2cccc(-c3ccc(-c4nc(-c5ccc(-c6cccc(-c7ccc(-c8nc(-c9ccc(-c%10ccc%11c(c%10)-c%10ccccc%10C%11%10c%11ccccc%11Oc%11ccccc%11%10)cc9)c9ccccc9n8)cc7)c6)cc5)nc(-c5cccc6c5-c5ccccc5C65c6ccccc6Oc6ccccc65)n4)cc3)c2)cc1. The first-order chi connectivity index (χ1) is 54.5. The fourth-order valence-electron chi connectivity index (χ4n) is 18.0. The summed E-state index contributed by atoms with van der Waals surface area (Å²) in [7, 11) is 0. The van der Waals surface area contributed by atoms with Crippen LogP contribution in [-0.2, 0) is 10.8 Å². The molecule has 0 unspecified atom stereocenters. The van der Waals surface area contributed by atoms with Crippen LogP contribution in [0.3, 0.4) is 0 Å². The van der Waals surface area contributed by atoms with Gasteiger partial charge in [-0.25, -0.2) is 24.9 Å². The van der Waals surface area contributed by atoms with Crippen molar-refractivity contribution in [2.24, 2.45) is 0 Å². The van der Waals surface area contributed by atoms with E-state index in [1.165, 1.54) is 38.9 Å². The Hall–Kier alpha value is -14.5. The summed E-state index contributed by atoms with van der Waals surface area (Å²) < 4.78 is 13.3. The molecule has 4 aliphatic rings. The quantitative estimate of drug-likeness (QED) is 0.135. The molecule has 0 fully saturated rings. The van der Waals surface area contributed by atoms with E-state index in [-0.39, 0.29) is 0 Å². The molecule has 0 saturated carbocycles. The molecule has 110 heavy (non-hydrogen) atoms. The van der Waals surface area contributed by atoms with Gasteiger partial charge in [0, 0.05) is 55.5 Å². The lowest BCUT2D eigenvalue weighted by molar-refractivity contribution is 0.436. The van der Waals surface area contributed by atoms with Crippen molar-refractivity contribution in [3.63, 3.8) is 0 Å². The minimum absolute atomic E-state index is 0.512. The second kappa shape index (κ2) is 25.1. The van der Waals surface area contributed by atoms with E-state index in [4.69, 9.17) is 34.4 Å². The Labute approximate surface area is 636 Å². The molecule has 512 valence electrons. The molecule has 2 spiro atoms. The fraction of sp³-hybridized carbons (Fsp3) is 0.0194. The highest BCUT2D eigenvalue weighted by molar-refractivity contribution is 5.98. The van der Waals surface area contributed by atoms with Gasteiger partial charge in [0.25, 0.3) is 0 Å². The van der Waals surface area contributed by atoms with Crippen molar-refractivity contribution in [3.05, 3.63) is 427 Å². The van der Waals surface area contributed by atoms with Gasteiger partial charge in [0.15, 0.2) is 23.3 Å². The molecule has 0 bridgehead atoms. The molecular weight excluding hydrogens is 1340 g/mol. The average Bonchev–Trinajstić information content (AvgIpc) is 1.50. The number of fused-ring (bicyclic) bond motifs is 19. The molecular formula is C103H63N5O2. The van der Waals surface area contributed by atoms with Crippen LogP contribution in [0.1, 0.15) is 44.5 Å². The standard InChI is InChI=1S/C103H63N5O2/c1-2-21-64(22-3-1)73-23-18-24-74(61-73)66-47-55-71(56-48-66)99-106-100(108-101(107-99)81-30-20-37-90-96(81)79-28-5-8-32-84(79)103(90)88-35-11-16-41-94(88)110-95-42-17-12-36-89(95)103)72-57-49-67(50-58-72)76-26-19-25-75(62-76)65-45-53-70(54-46-65)98-104-91-38-13-6-29-80(91)97(105-98)69-51-43-68(44-52-69)77-59-60-85-82(63-77)78-27-4-7-31-83(78)102(85)86-33-9-14-39-92(86)109-93-40-15-10-34-87(93)102/h1-63H. The van der Waals surface area contributed by atoms with Crippen LogP contribution in [0.5, 0.6) is 23.0 Å². The minimum Gasteiger partial charge on any atom is -0.457 e. The maximum atomic E-state index is 6.71. The molecule has 18 aromatic rings. The largest absolute Gasteiger partial charge is 0.457 e. The Morgan fingerprint density at radius 3 is 1.03 bits per heavy atom. The van der Waals surface area contributed by atoms with Gasteiger partial charge in [-0.3, -0.25) is 0 Å². The molecule has 22 rings (SSSR count). The van der Waals surface area contributed by atoms with Crippen molar-refractivity contribution in [1.29, 1.82) is 0 Å². The number of rotatable bonds is 10. The van der Waals surface area contributed by atoms with Crippen molar-refractivity contribution < 1.29 is 9.47 Å². The average molecular weight is 1400 g/mol. The molecule has 0 radical (unpaired) electrons. The van der Waals surface area contributed by atoms with Gasteiger partial charge >= 0.3 is 0 Å². The Morgan fingerprint density at radius 1 is 0.182 bits per heavy atom. The van der Waals surface area contributed by atoms with Gasteiger partial charge in [0.1, 0.15) is 23.0 Å². The molecule has 4 heterocycles. The van der Waals surface area contributed by atoms with Gasteiger partial charge in [0.05, 0.1) is 22.0 Å². The number of nitrogens with zero attached hydrogens (tertiary/aromatic N) is 5. The highest BCUT2D eigenvalue weighted by Crippen LogP contribution is 2.65. The Morgan fingerprint density at radius 2 is 0.509 bits per heavy atom. The number of benzene rings is 16. The summed E-state index contributed by atoms with van der Waals surface area (Å²) >= 11 is 0. The van der Waals surface area contributed by atoms with Gasteiger partial charge in [0.2, 0.25) is 0 Å². The van der Waals surface area contributed by atoms with Crippen molar-refractivity contribution in [2.75, 3.05) is 0 Å². The molecule has 0 saturated heterocycles. The zero-order chi connectivity index (χ0) is 72.4. The maximum absolute atomic E-state index is 6.71. The van der Waals surface area contributed by atoms with E-state index < -0.39 is 10.8 Å². The highest BCUT2D eigenvalue weighted by Gasteiger charge is 2.53. The molecule has 0 atom stereocenters. The van der Waals surface area contributed by atoms with E-state index in [0.717, 1.165) is 151 Å². The molecule has 16 aromatic carbocycles. The van der Waals surface area contributed by atoms with E-state index in [1.807, 2.05) is 6.07 Å². The van der Waals surface area contributed by atoms with Crippen molar-refractivity contribution >= 4 is 10.9 Å². The second-order valence-corrected chi connectivity index (χ2v) is 28.8. The zero-order valence-corrected chi connectivity index (χ0v) is 59.4. The van der Waals surface area contributed by atoms with Gasteiger partial charge in [-0.05, 0) is 149 Å². The zero-order valence-electron chi connectivity index (χ0n) is 59.4. The van der Waals surface area contributed by atoms with Gasteiger partial charge in [-0.15, -0.1) is 0 Å². The summed E-state index contributed by atoms with van der Waals surface area (Å²) in [5, 5.41) is 0.997. The maximum Gasteiger partial charge on any atom is 0.164 e. The van der Waals surface area contributed by atoms with E-state index in [0.29, 0.717) is 23.3 Å². The summed E-state index contributed by atoms with van der Waals surface area (Å²) in [6.45, 7) is 0. The number of para-hydroxylation sites is 5. The molecule has 2 aliphatic carbocycles. The number of ether oxygens (including phenoxy) is 2. The van der Waals surface area contributed by atoms with Crippen LogP contribution in [0.25, 0.3) is 146 Å². The molecule has 0 amide bonds. The van der Waals surface area contributed by atoms with E-state index in [1.54, 1.807) is 0 Å². The Kier molecular flexibility index (Phi) is 14.3. The topological polar surface area (TPSA) is 82.9 Å². The first-order valence-corrected chi connectivity index (χ1v) is 37.4. The first kappa shape index (κ1) is 62.8. The van der Waals surface area contributed by atoms with E-state index in [9.17, 15) is 0 Å². The van der Waals surface area contributed by atoms with Gasteiger partial charge in [-0.2, -0.15) is 0 Å². The van der Waals surface area contributed by atoms with Crippen LogP contribution >= 0.6 is 0 Å². The lowest BCUT2D eigenvalue weighted by atomic mass is 9.66. The molecule has 0 N–H and O–H groups in total. The summed E-state index contributed by atoms with van der Waals surface area (Å²) in [6.07, 6.45) is 0. The van der Waals surface area contributed by atoms with Crippen LogP contribution < -0.4 is 9.47 Å². The van der Waals surface area contributed by atoms with Crippen LogP contribution in [0.15, 0.2) is 382 Å². The normalized spacial score (nSPS) is 13.2. The van der Waals surface area contributed by atoms with Crippen molar-refractivity contribution in [2.45, 2.75) is 10.8 Å². The smallest absolute Gasteiger partial charge is 0.164 e. The summed E-state index contributed by atoms with van der Waals surface area (Å²) in [4.78, 5) is 26.9. The van der Waals surface area contributed by atoms with Crippen molar-refractivity contribution in [1.82, 2.24) is 24.9 Å². The third-order valence-corrected chi connectivity index (χ3v) is 23.0.